The summed E-state index contributed by atoms with van der Waals surface area (Å²) in [6, 6.07) is 0. The fourth-order valence-electron chi connectivity index (χ4n) is 1.06. The van der Waals surface area contributed by atoms with Crippen molar-refractivity contribution in [1.29, 1.82) is 0 Å². The molecule has 0 aliphatic heterocycles. The van der Waals surface area contributed by atoms with Crippen molar-refractivity contribution in [2.24, 2.45) is 0 Å². The van der Waals surface area contributed by atoms with Gasteiger partial charge in [0.25, 0.3) is 0 Å². The molecule has 14 heavy (non-hydrogen) atoms. The predicted octanol–water partition coefficient (Wildman–Crippen LogP) is 0.598. The second-order valence-corrected chi connectivity index (χ2v) is 2.44. The summed E-state index contributed by atoms with van der Waals surface area (Å²) in [6.07, 6.45) is 1.04. The molecule has 1 aromatic heterocycles. The number of carbonyl (C=O) groups excluding carboxylic acids is 1. The first-order valence-electron chi connectivity index (χ1n) is 3.90. The zero-order chi connectivity index (χ0) is 10.7. The number of aromatic nitrogens is 2. The van der Waals surface area contributed by atoms with Gasteiger partial charge in [0.2, 0.25) is 5.69 Å². The lowest BCUT2D eigenvalue weighted by Gasteiger charge is -2.00. The van der Waals surface area contributed by atoms with Crippen molar-refractivity contribution < 1.29 is 14.5 Å². The minimum atomic E-state index is -0.754. The van der Waals surface area contributed by atoms with E-state index in [0.717, 1.165) is 6.20 Å². The highest BCUT2D eigenvalue weighted by molar-refractivity contribution is 5.91. The summed E-state index contributed by atoms with van der Waals surface area (Å²) in [6.45, 7) is 2.10. The summed E-state index contributed by atoms with van der Waals surface area (Å²) in [4.78, 5) is 21.0. The Morgan fingerprint density at radius 3 is 2.86 bits per heavy atom. The van der Waals surface area contributed by atoms with Gasteiger partial charge in [0.1, 0.15) is 6.20 Å². The second kappa shape index (κ2) is 3.86. The standard InChI is InChI=1S/C7H9N3O4/c1-3-9-6(7(11)14-2)5(4-8-9)10(12)13/h4H,3H2,1-2H3. The van der Waals surface area contributed by atoms with Gasteiger partial charge < -0.3 is 4.74 Å². The number of nitro groups is 1. The Bertz CT molecular complexity index is 371. The lowest BCUT2D eigenvalue weighted by Crippen LogP contribution is -2.12. The molecule has 0 saturated carbocycles. The second-order valence-electron chi connectivity index (χ2n) is 2.44. The minimum absolute atomic E-state index is 0.125. The summed E-state index contributed by atoms with van der Waals surface area (Å²) >= 11 is 0. The zero-order valence-corrected chi connectivity index (χ0v) is 7.76. The molecular formula is C7H9N3O4. The average Bonchev–Trinajstić information content (AvgIpc) is 2.59. The zero-order valence-electron chi connectivity index (χ0n) is 7.76. The van der Waals surface area contributed by atoms with Gasteiger partial charge in [-0.25, -0.2) is 4.79 Å². The molecule has 0 spiro atoms. The number of esters is 1. The Morgan fingerprint density at radius 1 is 1.79 bits per heavy atom. The highest BCUT2D eigenvalue weighted by Crippen LogP contribution is 2.18. The number of methoxy groups -OCH3 is 1. The number of carbonyl (C=O) groups is 1. The first kappa shape index (κ1) is 10.2. The third kappa shape index (κ3) is 1.56. The van der Waals surface area contributed by atoms with E-state index in [9.17, 15) is 14.9 Å². The van der Waals surface area contributed by atoms with Crippen LogP contribution in [0.2, 0.25) is 0 Å². The molecule has 0 N–H and O–H groups in total. The van der Waals surface area contributed by atoms with Crippen LogP contribution < -0.4 is 0 Å². The van der Waals surface area contributed by atoms with E-state index >= 15 is 0 Å². The molecule has 0 fully saturated rings. The molecule has 76 valence electrons. The monoisotopic (exact) mass is 199 g/mol. The molecule has 0 aromatic carbocycles. The van der Waals surface area contributed by atoms with Gasteiger partial charge in [-0.05, 0) is 6.92 Å². The molecule has 0 aliphatic carbocycles. The maximum absolute atomic E-state index is 11.2. The molecule has 7 heteroatoms. The van der Waals surface area contributed by atoms with Crippen molar-refractivity contribution in [3.8, 4) is 0 Å². The number of rotatable bonds is 3. The van der Waals surface area contributed by atoms with Gasteiger partial charge >= 0.3 is 11.7 Å². The first-order chi connectivity index (χ1) is 6.61. The Labute approximate surface area is 79.4 Å². The van der Waals surface area contributed by atoms with E-state index in [1.165, 1.54) is 11.8 Å². The van der Waals surface area contributed by atoms with Crippen LogP contribution in [0.25, 0.3) is 0 Å². The van der Waals surface area contributed by atoms with Crippen LogP contribution in [-0.4, -0.2) is 27.8 Å². The number of hydrogen-bond donors (Lipinski definition) is 0. The van der Waals surface area contributed by atoms with E-state index in [4.69, 9.17) is 0 Å². The van der Waals surface area contributed by atoms with Crippen LogP contribution in [0.15, 0.2) is 6.20 Å². The average molecular weight is 199 g/mol. The molecular weight excluding hydrogens is 190 g/mol. The summed E-state index contributed by atoms with van der Waals surface area (Å²) < 4.78 is 5.65. The first-order valence-corrected chi connectivity index (χ1v) is 3.90. The maximum Gasteiger partial charge on any atom is 0.363 e. The molecule has 1 aromatic rings. The van der Waals surface area contributed by atoms with Crippen molar-refractivity contribution in [3.63, 3.8) is 0 Å². The van der Waals surface area contributed by atoms with Crippen LogP contribution in [0.1, 0.15) is 17.4 Å². The van der Waals surface area contributed by atoms with Gasteiger partial charge in [-0.3, -0.25) is 14.8 Å². The highest BCUT2D eigenvalue weighted by atomic mass is 16.6. The molecule has 0 bridgehead atoms. The molecule has 0 saturated heterocycles. The van der Waals surface area contributed by atoms with Crippen LogP contribution in [0, 0.1) is 10.1 Å². The van der Waals surface area contributed by atoms with Crippen molar-refractivity contribution >= 4 is 11.7 Å². The Balaban J connectivity index is 3.26. The number of hydrogen-bond acceptors (Lipinski definition) is 5. The topological polar surface area (TPSA) is 87.3 Å². The van der Waals surface area contributed by atoms with Crippen molar-refractivity contribution in [3.05, 3.63) is 22.0 Å². The smallest absolute Gasteiger partial charge is 0.363 e. The van der Waals surface area contributed by atoms with Gasteiger partial charge in [-0.15, -0.1) is 0 Å². The van der Waals surface area contributed by atoms with E-state index < -0.39 is 10.9 Å². The number of nitrogens with zero attached hydrogens (tertiary/aromatic N) is 3. The molecule has 0 radical (unpaired) electrons. The van der Waals surface area contributed by atoms with E-state index in [1.54, 1.807) is 6.92 Å². The molecule has 0 aliphatic rings. The van der Waals surface area contributed by atoms with Crippen LogP contribution in [0.3, 0.4) is 0 Å². The molecule has 1 rings (SSSR count). The third-order valence-electron chi connectivity index (χ3n) is 1.70. The lowest BCUT2D eigenvalue weighted by atomic mass is 10.3. The summed E-state index contributed by atoms with van der Waals surface area (Å²) in [5.41, 5.74) is -0.460. The van der Waals surface area contributed by atoms with Crippen molar-refractivity contribution in [2.75, 3.05) is 7.11 Å². The number of aryl methyl sites for hydroxylation is 1. The van der Waals surface area contributed by atoms with E-state index in [0.29, 0.717) is 6.54 Å². The molecule has 0 amide bonds. The highest BCUT2D eigenvalue weighted by Gasteiger charge is 2.26. The summed E-state index contributed by atoms with van der Waals surface area (Å²) in [7, 11) is 1.17. The fraction of sp³-hybridized carbons (Fsp3) is 0.429. The molecule has 0 unspecified atom stereocenters. The minimum Gasteiger partial charge on any atom is -0.464 e. The van der Waals surface area contributed by atoms with Gasteiger partial charge in [0.05, 0.1) is 12.0 Å². The maximum atomic E-state index is 11.2. The summed E-state index contributed by atoms with van der Waals surface area (Å²) in [5.74, 6) is -0.754. The Morgan fingerprint density at radius 2 is 2.43 bits per heavy atom. The van der Waals surface area contributed by atoms with Gasteiger partial charge in [-0.2, -0.15) is 5.10 Å². The largest absolute Gasteiger partial charge is 0.464 e. The fourth-order valence-corrected chi connectivity index (χ4v) is 1.06. The number of ether oxygens (including phenoxy) is 1. The molecule has 0 atom stereocenters. The van der Waals surface area contributed by atoms with Gasteiger partial charge in [0.15, 0.2) is 0 Å². The molecule has 7 nitrogen and oxygen atoms in total. The van der Waals surface area contributed by atoms with Crippen LogP contribution >= 0.6 is 0 Å². The third-order valence-corrected chi connectivity index (χ3v) is 1.70. The van der Waals surface area contributed by atoms with Gasteiger partial charge in [-0.1, -0.05) is 0 Å². The van der Waals surface area contributed by atoms with E-state index in [1.807, 2.05) is 0 Å². The van der Waals surface area contributed by atoms with Gasteiger partial charge in [0, 0.05) is 6.54 Å². The quantitative estimate of drug-likeness (QED) is 0.404. The van der Waals surface area contributed by atoms with E-state index in [-0.39, 0.29) is 11.4 Å². The lowest BCUT2D eigenvalue weighted by molar-refractivity contribution is -0.385. The van der Waals surface area contributed by atoms with Crippen molar-refractivity contribution in [1.82, 2.24) is 9.78 Å². The van der Waals surface area contributed by atoms with Crippen LogP contribution in [-0.2, 0) is 11.3 Å². The normalized spacial score (nSPS) is 9.86. The SMILES string of the molecule is CCn1ncc([N+](=O)[O-])c1C(=O)OC. The predicted molar refractivity (Wildman–Crippen MR) is 45.9 cm³/mol. The molecule has 1 heterocycles. The Kier molecular flexibility index (Phi) is 2.80. The van der Waals surface area contributed by atoms with Crippen LogP contribution in [0.5, 0.6) is 0 Å². The van der Waals surface area contributed by atoms with Crippen LogP contribution in [0.4, 0.5) is 5.69 Å². The Hall–Kier alpha value is -1.92. The van der Waals surface area contributed by atoms with Crippen molar-refractivity contribution in [2.45, 2.75) is 13.5 Å². The summed E-state index contributed by atoms with van der Waals surface area (Å²) in [5, 5.41) is 14.2. The van der Waals surface area contributed by atoms with E-state index in [2.05, 4.69) is 9.84 Å².